The van der Waals surface area contributed by atoms with Crippen LogP contribution in [0.15, 0.2) is 35.2 Å². The van der Waals surface area contributed by atoms with Crippen molar-refractivity contribution in [2.24, 2.45) is 0 Å². The molecule has 0 bridgehead atoms. The summed E-state index contributed by atoms with van der Waals surface area (Å²) in [6.45, 7) is 1.90. The van der Waals surface area contributed by atoms with Crippen LogP contribution in [0, 0.1) is 12.3 Å². The number of carbonyl (C=O) groups is 1. The molecule has 4 heteroatoms. The molecule has 1 aromatic rings. The molecular weight excluding hydrogens is 264 g/mol. The fraction of sp³-hybridized carbons (Fsp3) is 0.214. The van der Waals surface area contributed by atoms with E-state index in [1.165, 1.54) is 7.11 Å². The molecule has 0 aliphatic heterocycles. The van der Waals surface area contributed by atoms with Gasteiger partial charge in [-0.2, -0.15) is 0 Å². The van der Waals surface area contributed by atoms with Gasteiger partial charge in [-0.1, -0.05) is 39.6 Å². The molecule has 0 atom stereocenters. The van der Waals surface area contributed by atoms with E-state index in [9.17, 15) is 4.79 Å². The lowest BCUT2D eigenvalue weighted by molar-refractivity contribution is 0.0601. The average molecular weight is 278 g/mol. The maximum atomic E-state index is 11.2. The second kappa shape index (κ2) is 7.91. The van der Waals surface area contributed by atoms with E-state index in [0.717, 1.165) is 16.9 Å². The van der Waals surface area contributed by atoms with Gasteiger partial charge in [0.1, 0.15) is 0 Å². The van der Waals surface area contributed by atoms with Gasteiger partial charge in [-0.3, -0.25) is 0 Å². The maximum Gasteiger partial charge on any atom is 0.337 e. The van der Waals surface area contributed by atoms with Gasteiger partial charge in [0.15, 0.2) is 0 Å². The highest BCUT2D eigenvalue weighted by molar-refractivity contribution is 8.77. The summed E-state index contributed by atoms with van der Waals surface area (Å²) in [5.74, 6) is 3.12. The summed E-state index contributed by atoms with van der Waals surface area (Å²) in [5.41, 5.74) is 2.66. The van der Waals surface area contributed by atoms with Gasteiger partial charge >= 0.3 is 5.97 Å². The molecule has 0 amide bonds. The number of rotatable bonds is 5. The zero-order chi connectivity index (χ0) is 13.4. The monoisotopic (exact) mass is 278 g/mol. The third-order valence-corrected chi connectivity index (χ3v) is 4.21. The first kappa shape index (κ1) is 14.7. The molecule has 0 saturated carbocycles. The van der Waals surface area contributed by atoms with Crippen LogP contribution in [0.3, 0.4) is 0 Å². The molecule has 94 valence electrons. The highest BCUT2D eigenvalue weighted by Crippen LogP contribution is 2.28. The molecule has 0 N–H and O–H groups in total. The quantitative estimate of drug-likeness (QED) is 0.353. The molecule has 0 unspecified atom stereocenters. The Bertz CT molecular complexity index is 470. The molecule has 0 heterocycles. The van der Waals surface area contributed by atoms with Crippen LogP contribution < -0.4 is 0 Å². The van der Waals surface area contributed by atoms with Crippen LogP contribution in [-0.2, 0) is 10.5 Å². The number of methoxy groups -OCH3 is 1. The van der Waals surface area contributed by atoms with E-state index < -0.39 is 0 Å². The molecule has 1 rings (SSSR count). The first-order valence-electron chi connectivity index (χ1n) is 5.26. The predicted octanol–water partition coefficient (Wildman–Crippen LogP) is 3.89. The normalized spacial score (nSPS) is 10.8. The van der Waals surface area contributed by atoms with Gasteiger partial charge in [-0.15, -0.1) is 6.42 Å². The van der Waals surface area contributed by atoms with Crippen molar-refractivity contribution >= 4 is 27.6 Å². The first-order chi connectivity index (χ1) is 8.67. The molecular formula is C14H14O2S2. The van der Waals surface area contributed by atoms with E-state index in [1.807, 2.05) is 24.5 Å². The Balaban J connectivity index is 2.45. The van der Waals surface area contributed by atoms with Crippen molar-refractivity contribution in [3.05, 3.63) is 46.4 Å². The molecule has 0 radical (unpaired) electrons. The first-order valence-corrected chi connectivity index (χ1v) is 7.64. The van der Waals surface area contributed by atoms with Crippen molar-refractivity contribution in [3.8, 4) is 12.3 Å². The minimum absolute atomic E-state index is 0.309. The van der Waals surface area contributed by atoms with Crippen molar-refractivity contribution in [1.29, 1.82) is 0 Å². The van der Waals surface area contributed by atoms with Crippen molar-refractivity contribution in [3.63, 3.8) is 0 Å². The van der Waals surface area contributed by atoms with Crippen molar-refractivity contribution in [2.75, 3.05) is 7.11 Å². The van der Waals surface area contributed by atoms with Crippen LogP contribution in [0.2, 0.25) is 0 Å². The number of carbonyl (C=O) groups excluding carboxylic acids is 1. The number of hydrogen-bond acceptors (Lipinski definition) is 4. The van der Waals surface area contributed by atoms with E-state index in [0.29, 0.717) is 5.56 Å². The van der Waals surface area contributed by atoms with Crippen molar-refractivity contribution in [1.82, 2.24) is 0 Å². The summed E-state index contributed by atoms with van der Waals surface area (Å²) in [4.78, 5) is 11.2. The van der Waals surface area contributed by atoms with E-state index in [-0.39, 0.29) is 5.97 Å². The van der Waals surface area contributed by atoms with Crippen LogP contribution in [0.5, 0.6) is 0 Å². The Kier molecular flexibility index (Phi) is 6.48. The maximum absolute atomic E-state index is 11.2. The highest BCUT2D eigenvalue weighted by Gasteiger charge is 2.03. The zero-order valence-electron chi connectivity index (χ0n) is 10.3. The number of hydrogen-bond donors (Lipinski definition) is 0. The number of allylic oxidation sites excluding steroid dienone is 1. The van der Waals surface area contributed by atoms with E-state index in [2.05, 4.69) is 10.7 Å². The summed E-state index contributed by atoms with van der Waals surface area (Å²) in [7, 11) is 4.69. The van der Waals surface area contributed by atoms with Gasteiger partial charge in [-0.05, 0) is 30.0 Å². The summed E-state index contributed by atoms with van der Waals surface area (Å²) in [6.07, 6.45) is 5.24. The van der Waals surface area contributed by atoms with Gasteiger partial charge < -0.3 is 4.74 Å². The van der Waals surface area contributed by atoms with E-state index >= 15 is 0 Å². The number of benzene rings is 1. The fourth-order valence-electron chi connectivity index (χ4n) is 1.10. The Labute approximate surface area is 116 Å². The van der Waals surface area contributed by atoms with Crippen molar-refractivity contribution in [2.45, 2.75) is 12.7 Å². The van der Waals surface area contributed by atoms with Crippen LogP contribution in [0.1, 0.15) is 22.8 Å². The van der Waals surface area contributed by atoms with Gasteiger partial charge in [-0.25, -0.2) is 4.79 Å². The SMILES string of the molecule is C#C/C(C)=C\SSCc1ccc(C(=O)OC)cc1. The Morgan fingerprint density at radius 1 is 1.44 bits per heavy atom. The molecule has 18 heavy (non-hydrogen) atoms. The van der Waals surface area contributed by atoms with Gasteiger partial charge in [0.25, 0.3) is 0 Å². The molecule has 0 aliphatic carbocycles. The van der Waals surface area contributed by atoms with E-state index in [1.54, 1.807) is 33.7 Å². The molecule has 0 aliphatic rings. The van der Waals surface area contributed by atoms with Crippen LogP contribution in [0.25, 0.3) is 0 Å². The standard InChI is InChI=1S/C14H14O2S2/c1-4-11(2)9-17-18-10-12-5-7-13(8-6-12)14(15)16-3/h1,5-9H,10H2,2-3H3/b11-9-. The molecule has 0 fully saturated rings. The fourth-order valence-corrected chi connectivity index (χ4v) is 3.02. The smallest absolute Gasteiger partial charge is 0.337 e. The Morgan fingerprint density at radius 2 is 2.11 bits per heavy atom. The molecule has 2 nitrogen and oxygen atoms in total. The van der Waals surface area contributed by atoms with Gasteiger partial charge in [0, 0.05) is 11.3 Å². The van der Waals surface area contributed by atoms with Crippen LogP contribution >= 0.6 is 21.6 Å². The van der Waals surface area contributed by atoms with Crippen LogP contribution in [-0.4, -0.2) is 13.1 Å². The Morgan fingerprint density at radius 3 is 2.67 bits per heavy atom. The van der Waals surface area contributed by atoms with Gasteiger partial charge in [0.05, 0.1) is 12.7 Å². The lowest BCUT2D eigenvalue weighted by Gasteiger charge is -2.02. The van der Waals surface area contributed by atoms with Gasteiger partial charge in [0.2, 0.25) is 0 Å². The summed E-state index contributed by atoms with van der Waals surface area (Å²) in [6, 6.07) is 7.40. The molecule has 0 spiro atoms. The number of esters is 1. The minimum atomic E-state index is -0.309. The number of ether oxygens (including phenoxy) is 1. The second-order valence-corrected chi connectivity index (χ2v) is 5.73. The highest BCUT2D eigenvalue weighted by atomic mass is 33.1. The summed E-state index contributed by atoms with van der Waals surface area (Å²) >= 11 is 0. The molecule has 0 saturated heterocycles. The minimum Gasteiger partial charge on any atom is -0.465 e. The molecule has 1 aromatic carbocycles. The summed E-state index contributed by atoms with van der Waals surface area (Å²) < 4.78 is 4.64. The third kappa shape index (κ3) is 4.91. The predicted molar refractivity (Wildman–Crippen MR) is 79.3 cm³/mol. The topological polar surface area (TPSA) is 26.3 Å². The van der Waals surface area contributed by atoms with Crippen LogP contribution in [0.4, 0.5) is 0 Å². The summed E-state index contributed by atoms with van der Waals surface area (Å²) in [5, 5.41) is 1.95. The Hall–Kier alpha value is -1.31. The second-order valence-electron chi connectivity index (χ2n) is 3.49. The lowest BCUT2D eigenvalue weighted by atomic mass is 10.1. The molecule has 0 aromatic heterocycles. The average Bonchev–Trinajstić information content (AvgIpc) is 2.43. The zero-order valence-corrected chi connectivity index (χ0v) is 11.9. The largest absolute Gasteiger partial charge is 0.465 e. The van der Waals surface area contributed by atoms with Crippen molar-refractivity contribution < 1.29 is 9.53 Å². The lowest BCUT2D eigenvalue weighted by Crippen LogP contribution is -2.00. The number of terminal acetylenes is 1. The van der Waals surface area contributed by atoms with E-state index in [4.69, 9.17) is 6.42 Å². The third-order valence-electron chi connectivity index (χ3n) is 2.12.